The van der Waals surface area contributed by atoms with Gasteiger partial charge in [-0.05, 0) is 6.92 Å². The number of carbonyl (C=O) groups excluding carboxylic acids is 1. The second-order valence-corrected chi connectivity index (χ2v) is 2.77. The normalized spacial score (nSPS) is 23.1. The highest BCUT2D eigenvalue weighted by molar-refractivity contribution is 5.85. The largest absolute Gasteiger partial charge is 0.411 e. The number of rotatable bonds is 1. The van der Waals surface area contributed by atoms with Crippen molar-refractivity contribution in [3.8, 4) is 6.07 Å². The summed E-state index contributed by atoms with van der Waals surface area (Å²) in [5.41, 5.74) is 0.973. The van der Waals surface area contributed by atoms with E-state index in [1.165, 1.54) is 6.21 Å². The van der Waals surface area contributed by atoms with Gasteiger partial charge >= 0.3 is 0 Å². The van der Waals surface area contributed by atoms with Gasteiger partial charge in [-0.1, -0.05) is 0 Å². The predicted octanol–water partition coefficient (Wildman–Crippen LogP) is 0.380. The Kier molecular flexibility index (Phi) is 2.65. The fourth-order valence-corrected chi connectivity index (χ4v) is 1.28. The molecule has 0 aromatic carbocycles. The summed E-state index contributed by atoms with van der Waals surface area (Å²) < 4.78 is 0. The Morgan fingerprint density at radius 3 is 3.08 bits per heavy atom. The summed E-state index contributed by atoms with van der Waals surface area (Å²) in [6, 6.07) is 1.97. The third kappa shape index (κ3) is 1.85. The molecular weight excluding hydrogens is 170 g/mol. The van der Waals surface area contributed by atoms with Crippen molar-refractivity contribution in [1.82, 2.24) is 5.32 Å². The third-order valence-corrected chi connectivity index (χ3v) is 1.87. The van der Waals surface area contributed by atoms with Crippen LogP contribution >= 0.6 is 0 Å². The number of hydrogen-bond donors (Lipinski definition) is 2. The Morgan fingerprint density at radius 1 is 1.85 bits per heavy atom. The maximum atomic E-state index is 11.0. The van der Waals surface area contributed by atoms with E-state index in [-0.39, 0.29) is 12.3 Å². The standard InChI is InChI=1S/C8H9N3O2/c1-5-7(3-9)6(4-10-13)2-8(12)11-5/h4,6,13H,2H2,1H3,(H,11,12). The van der Waals surface area contributed by atoms with Crippen LogP contribution in [0.1, 0.15) is 13.3 Å². The summed E-state index contributed by atoms with van der Waals surface area (Å²) in [4.78, 5) is 11.0. The molecule has 0 aromatic heterocycles. The summed E-state index contributed by atoms with van der Waals surface area (Å²) in [7, 11) is 0. The van der Waals surface area contributed by atoms with E-state index in [0.29, 0.717) is 11.3 Å². The molecule has 1 amide bonds. The minimum absolute atomic E-state index is 0.157. The van der Waals surface area contributed by atoms with Gasteiger partial charge in [0.15, 0.2) is 0 Å². The number of nitrogens with one attached hydrogen (secondary N) is 1. The average Bonchev–Trinajstić information content (AvgIpc) is 2.04. The van der Waals surface area contributed by atoms with Gasteiger partial charge < -0.3 is 10.5 Å². The van der Waals surface area contributed by atoms with E-state index < -0.39 is 5.92 Å². The monoisotopic (exact) mass is 179 g/mol. The molecule has 1 aliphatic rings. The van der Waals surface area contributed by atoms with Crippen LogP contribution in [0.3, 0.4) is 0 Å². The number of nitriles is 1. The number of nitrogens with zero attached hydrogens (tertiary/aromatic N) is 2. The number of carbonyl (C=O) groups is 1. The molecule has 1 aliphatic heterocycles. The van der Waals surface area contributed by atoms with Gasteiger partial charge in [-0.3, -0.25) is 4.79 Å². The molecule has 0 saturated heterocycles. The lowest BCUT2D eigenvalue weighted by molar-refractivity contribution is -0.121. The third-order valence-electron chi connectivity index (χ3n) is 1.87. The Balaban J connectivity index is 3.01. The first kappa shape index (κ1) is 9.26. The van der Waals surface area contributed by atoms with E-state index in [9.17, 15) is 4.79 Å². The number of oxime groups is 1. The molecule has 68 valence electrons. The topological polar surface area (TPSA) is 85.5 Å². The summed E-state index contributed by atoms with van der Waals surface area (Å²) in [5.74, 6) is -0.565. The SMILES string of the molecule is CC1=C(C#N)C(C=NO)CC(=O)N1. The minimum atomic E-state index is -0.399. The molecule has 0 fully saturated rings. The van der Waals surface area contributed by atoms with Crippen LogP contribution in [0.15, 0.2) is 16.4 Å². The molecule has 1 unspecified atom stereocenters. The highest BCUT2D eigenvalue weighted by Gasteiger charge is 2.24. The van der Waals surface area contributed by atoms with E-state index in [1.807, 2.05) is 6.07 Å². The number of allylic oxidation sites excluding steroid dienone is 2. The van der Waals surface area contributed by atoms with E-state index in [0.717, 1.165) is 0 Å². The molecule has 1 rings (SSSR count). The Labute approximate surface area is 75.3 Å². The summed E-state index contributed by atoms with van der Waals surface area (Å²) in [6.45, 7) is 1.65. The van der Waals surface area contributed by atoms with Crippen molar-refractivity contribution in [3.05, 3.63) is 11.3 Å². The molecule has 13 heavy (non-hydrogen) atoms. The fourth-order valence-electron chi connectivity index (χ4n) is 1.28. The molecule has 0 spiro atoms. The average molecular weight is 179 g/mol. The second kappa shape index (κ2) is 3.72. The first-order valence-electron chi connectivity index (χ1n) is 3.77. The molecule has 5 heteroatoms. The van der Waals surface area contributed by atoms with Crippen molar-refractivity contribution in [1.29, 1.82) is 5.26 Å². The molecule has 1 heterocycles. The maximum Gasteiger partial charge on any atom is 0.225 e. The van der Waals surface area contributed by atoms with Crippen LogP contribution in [0, 0.1) is 17.2 Å². The smallest absolute Gasteiger partial charge is 0.225 e. The van der Waals surface area contributed by atoms with Crippen LogP contribution in [-0.2, 0) is 4.79 Å². The maximum absolute atomic E-state index is 11.0. The van der Waals surface area contributed by atoms with Crippen molar-refractivity contribution >= 4 is 12.1 Å². The second-order valence-electron chi connectivity index (χ2n) is 2.77. The lowest BCUT2D eigenvalue weighted by atomic mass is 9.93. The van der Waals surface area contributed by atoms with Crippen molar-refractivity contribution in [2.24, 2.45) is 11.1 Å². The summed E-state index contributed by atoms with van der Waals surface area (Å²) in [5, 5.41) is 22.4. The highest BCUT2D eigenvalue weighted by atomic mass is 16.4. The van der Waals surface area contributed by atoms with Gasteiger partial charge in [0.25, 0.3) is 0 Å². The van der Waals surface area contributed by atoms with Crippen LogP contribution in [0.4, 0.5) is 0 Å². The van der Waals surface area contributed by atoms with Crippen molar-refractivity contribution in [2.45, 2.75) is 13.3 Å². The van der Waals surface area contributed by atoms with Gasteiger partial charge in [0.1, 0.15) is 0 Å². The van der Waals surface area contributed by atoms with Gasteiger partial charge in [0.05, 0.1) is 17.9 Å². The van der Waals surface area contributed by atoms with Gasteiger partial charge in [0, 0.05) is 18.0 Å². The molecule has 5 nitrogen and oxygen atoms in total. The van der Waals surface area contributed by atoms with Gasteiger partial charge in [-0.2, -0.15) is 5.26 Å². The first-order chi connectivity index (χ1) is 6.19. The van der Waals surface area contributed by atoms with Crippen molar-refractivity contribution in [2.75, 3.05) is 0 Å². The zero-order chi connectivity index (χ0) is 9.84. The fraction of sp³-hybridized carbons (Fsp3) is 0.375. The Morgan fingerprint density at radius 2 is 2.54 bits per heavy atom. The molecule has 0 radical (unpaired) electrons. The van der Waals surface area contributed by atoms with Gasteiger partial charge in [-0.25, -0.2) is 0 Å². The molecule has 2 N–H and O–H groups in total. The van der Waals surface area contributed by atoms with Crippen LogP contribution in [0.5, 0.6) is 0 Å². The zero-order valence-electron chi connectivity index (χ0n) is 7.11. The van der Waals surface area contributed by atoms with Crippen molar-refractivity contribution < 1.29 is 10.0 Å². The number of hydrogen-bond acceptors (Lipinski definition) is 4. The van der Waals surface area contributed by atoms with E-state index in [2.05, 4.69) is 10.5 Å². The van der Waals surface area contributed by atoms with Crippen LogP contribution in [0.25, 0.3) is 0 Å². The molecule has 0 saturated carbocycles. The highest BCUT2D eigenvalue weighted by Crippen LogP contribution is 2.20. The minimum Gasteiger partial charge on any atom is -0.411 e. The van der Waals surface area contributed by atoms with Crippen LogP contribution in [-0.4, -0.2) is 17.3 Å². The number of amides is 1. The Hall–Kier alpha value is -1.83. The quantitative estimate of drug-likeness (QED) is 0.346. The summed E-state index contributed by atoms with van der Waals surface area (Å²) in [6.07, 6.45) is 1.35. The van der Waals surface area contributed by atoms with Crippen LogP contribution < -0.4 is 5.32 Å². The van der Waals surface area contributed by atoms with Gasteiger partial charge in [0.2, 0.25) is 5.91 Å². The molecule has 1 atom stereocenters. The lowest BCUT2D eigenvalue weighted by Gasteiger charge is -2.19. The van der Waals surface area contributed by atoms with Crippen molar-refractivity contribution in [3.63, 3.8) is 0 Å². The zero-order valence-corrected chi connectivity index (χ0v) is 7.11. The summed E-state index contributed by atoms with van der Waals surface area (Å²) >= 11 is 0. The van der Waals surface area contributed by atoms with Gasteiger partial charge in [-0.15, -0.1) is 5.16 Å². The first-order valence-corrected chi connectivity index (χ1v) is 3.77. The predicted molar refractivity (Wildman–Crippen MR) is 44.8 cm³/mol. The molecule has 0 aliphatic carbocycles. The molecular formula is C8H9N3O2. The van der Waals surface area contributed by atoms with Crippen LogP contribution in [0.2, 0.25) is 0 Å². The molecule has 0 bridgehead atoms. The Bertz CT molecular complexity index is 325. The van der Waals surface area contributed by atoms with E-state index in [4.69, 9.17) is 10.5 Å². The lowest BCUT2D eigenvalue weighted by Crippen LogP contribution is -2.32. The van der Waals surface area contributed by atoms with E-state index >= 15 is 0 Å². The molecule has 0 aromatic rings. The van der Waals surface area contributed by atoms with E-state index in [1.54, 1.807) is 6.92 Å².